The highest BCUT2D eigenvalue weighted by molar-refractivity contribution is 6.69. The summed E-state index contributed by atoms with van der Waals surface area (Å²) in [6.45, 7) is 15.1. The maximum Gasteiger partial charge on any atom is 0.497 e. The van der Waals surface area contributed by atoms with Gasteiger partial charge in [-0.25, -0.2) is 4.79 Å². The third-order valence-electron chi connectivity index (χ3n) is 5.21. The lowest BCUT2D eigenvalue weighted by molar-refractivity contribution is 0.00578. The number of carbonyl (C=O) groups is 1. The zero-order chi connectivity index (χ0) is 21.2. The highest BCUT2D eigenvalue weighted by Gasteiger charge is 2.53. The van der Waals surface area contributed by atoms with Crippen LogP contribution < -0.4 is 11.2 Å². The Hall–Kier alpha value is -1.77. The molecule has 2 N–H and O–H groups in total. The number of carbonyl (C=O) groups excluding carboxylic acids is 1. The van der Waals surface area contributed by atoms with Gasteiger partial charge in [0.05, 0.1) is 16.7 Å². The number of rotatable bonds is 1. The molecule has 0 bridgehead atoms. The first-order valence-electron chi connectivity index (χ1n) is 9.21. The molecule has 1 aromatic carbocycles. The fraction of sp³-hybridized carbons (Fsp3) is 0.579. The summed E-state index contributed by atoms with van der Waals surface area (Å²) < 4.78 is 19.0. The van der Waals surface area contributed by atoms with Gasteiger partial charge in [-0.05, 0) is 67.0 Å². The van der Waals surface area contributed by atoms with Crippen molar-refractivity contribution in [2.75, 3.05) is 5.73 Å². The summed E-state index contributed by atoms with van der Waals surface area (Å²) in [5.41, 5.74) is 6.25. The molecule has 1 aliphatic heterocycles. The minimum atomic E-state index is -0.738. The van der Waals surface area contributed by atoms with Crippen molar-refractivity contribution in [1.29, 1.82) is 0 Å². The molecule has 2 heterocycles. The van der Waals surface area contributed by atoms with Crippen LogP contribution in [0, 0.1) is 6.92 Å². The minimum Gasteiger partial charge on any atom is -0.442 e. The van der Waals surface area contributed by atoms with E-state index in [2.05, 4.69) is 5.10 Å². The number of aryl methyl sites for hydroxylation is 1. The molecule has 1 aromatic heterocycles. The maximum atomic E-state index is 12.6. The van der Waals surface area contributed by atoms with E-state index in [1.165, 1.54) is 0 Å². The molecule has 0 radical (unpaired) electrons. The van der Waals surface area contributed by atoms with E-state index < -0.39 is 30.0 Å². The molecule has 3 rings (SSSR count). The van der Waals surface area contributed by atoms with Crippen LogP contribution in [0.3, 0.4) is 0 Å². The summed E-state index contributed by atoms with van der Waals surface area (Å²) >= 11 is 6.64. The number of nitrogen functional groups attached to an aromatic ring is 1. The summed E-state index contributed by atoms with van der Waals surface area (Å²) in [5, 5.41) is 5.21. The second kappa shape index (κ2) is 6.37. The molecular weight excluding hydrogens is 380 g/mol. The molecule has 7 nitrogen and oxygen atoms in total. The van der Waals surface area contributed by atoms with Crippen LogP contribution in [0.4, 0.5) is 10.6 Å². The molecule has 1 fully saturated rings. The van der Waals surface area contributed by atoms with Gasteiger partial charge in [-0.1, -0.05) is 11.6 Å². The Balaban J connectivity index is 2.20. The van der Waals surface area contributed by atoms with E-state index in [0.717, 1.165) is 10.2 Å². The molecule has 0 aliphatic carbocycles. The van der Waals surface area contributed by atoms with Crippen molar-refractivity contribution in [2.45, 2.75) is 72.2 Å². The molecule has 0 atom stereocenters. The second-order valence-corrected chi connectivity index (χ2v) is 9.56. The molecule has 0 spiro atoms. The van der Waals surface area contributed by atoms with Crippen LogP contribution in [0.15, 0.2) is 6.07 Å². The lowest BCUT2D eigenvalue weighted by Gasteiger charge is -2.32. The number of aromatic nitrogens is 2. The number of benzene rings is 1. The van der Waals surface area contributed by atoms with Gasteiger partial charge >= 0.3 is 13.2 Å². The van der Waals surface area contributed by atoms with E-state index in [1.807, 2.05) is 34.6 Å². The molecule has 28 heavy (non-hydrogen) atoms. The van der Waals surface area contributed by atoms with E-state index in [0.29, 0.717) is 21.4 Å². The zero-order valence-corrected chi connectivity index (χ0v) is 18.4. The van der Waals surface area contributed by atoms with E-state index >= 15 is 0 Å². The third kappa shape index (κ3) is 3.38. The van der Waals surface area contributed by atoms with Gasteiger partial charge in [0.15, 0.2) is 5.82 Å². The van der Waals surface area contributed by atoms with Gasteiger partial charge < -0.3 is 19.8 Å². The van der Waals surface area contributed by atoms with Crippen molar-refractivity contribution in [2.24, 2.45) is 0 Å². The fourth-order valence-corrected chi connectivity index (χ4v) is 3.31. The predicted molar refractivity (Wildman–Crippen MR) is 111 cm³/mol. The molecule has 0 amide bonds. The number of fused-ring (bicyclic) bond motifs is 1. The molecular formula is C19H27BClN3O4. The first kappa shape index (κ1) is 21.0. The Labute approximate surface area is 170 Å². The summed E-state index contributed by atoms with van der Waals surface area (Å²) in [6, 6.07) is 1.76. The summed E-state index contributed by atoms with van der Waals surface area (Å²) in [7, 11) is -0.738. The van der Waals surface area contributed by atoms with E-state index in [9.17, 15) is 4.79 Å². The lowest BCUT2D eigenvalue weighted by atomic mass is 9.76. The van der Waals surface area contributed by atoms with Gasteiger partial charge in [0.25, 0.3) is 0 Å². The average molecular weight is 408 g/mol. The molecule has 0 unspecified atom stereocenters. The van der Waals surface area contributed by atoms with E-state index in [4.69, 9.17) is 31.4 Å². The number of halogens is 1. The van der Waals surface area contributed by atoms with Crippen molar-refractivity contribution in [3.05, 3.63) is 16.7 Å². The van der Waals surface area contributed by atoms with E-state index in [1.54, 1.807) is 26.8 Å². The van der Waals surface area contributed by atoms with Crippen LogP contribution >= 0.6 is 11.6 Å². The molecule has 9 heteroatoms. The highest BCUT2D eigenvalue weighted by atomic mass is 35.5. The molecule has 0 saturated carbocycles. The number of nitrogens with zero attached hydrogens (tertiary/aromatic N) is 2. The Morgan fingerprint density at radius 3 is 2.29 bits per heavy atom. The molecule has 2 aromatic rings. The van der Waals surface area contributed by atoms with Crippen LogP contribution in [0.25, 0.3) is 10.9 Å². The maximum absolute atomic E-state index is 12.6. The number of nitrogens with two attached hydrogens (primary N) is 1. The lowest BCUT2D eigenvalue weighted by Crippen LogP contribution is -2.41. The van der Waals surface area contributed by atoms with Crippen LogP contribution in [0.2, 0.25) is 5.02 Å². The quantitative estimate of drug-likeness (QED) is 0.726. The average Bonchev–Trinajstić information content (AvgIpc) is 2.92. The summed E-state index contributed by atoms with van der Waals surface area (Å²) in [6.07, 6.45) is -0.615. The standard InChI is InChI=1S/C19H27BClN3O4/c1-10-9-11-12(15(22)23-24(11)16(25)26-17(2,3)4)13(14(10)21)20-27-18(5,6)19(7,8)28-20/h9H,1-8H3,(H2,22,23). The summed E-state index contributed by atoms with van der Waals surface area (Å²) in [5.74, 6) is 0.160. The largest absolute Gasteiger partial charge is 0.497 e. The Kier molecular flexibility index (Phi) is 4.77. The number of anilines is 1. The van der Waals surface area contributed by atoms with Gasteiger partial charge in [-0.3, -0.25) is 0 Å². The van der Waals surface area contributed by atoms with Gasteiger partial charge in [0.2, 0.25) is 0 Å². The topological polar surface area (TPSA) is 88.6 Å². The van der Waals surface area contributed by atoms with Gasteiger partial charge in [0, 0.05) is 15.9 Å². The highest BCUT2D eigenvalue weighted by Crippen LogP contribution is 2.38. The van der Waals surface area contributed by atoms with Gasteiger partial charge in [0.1, 0.15) is 5.60 Å². The van der Waals surface area contributed by atoms with Crippen LogP contribution in [0.1, 0.15) is 54.0 Å². The SMILES string of the molecule is Cc1cc2c(c(N)nn2C(=O)OC(C)(C)C)c(B2OC(C)(C)C(C)(C)O2)c1Cl. The molecule has 152 valence electrons. The predicted octanol–water partition coefficient (Wildman–Crippen LogP) is 3.66. The van der Waals surface area contributed by atoms with Crippen LogP contribution in [0.5, 0.6) is 0 Å². The van der Waals surface area contributed by atoms with Crippen LogP contribution in [-0.4, -0.2) is 39.8 Å². The van der Waals surface area contributed by atoms with Gasteiger partial charge in [-0.15, -0.1) is 5.10 Å². The molecule has 1 saturated heterocycles. The minimum absolute atomic E-state index is 0.160. The Morgan fingerprint density at radius 1 is 1.25 bits per heavy atom. The molecule has 1 aliphatic rings. The van der Waals surface area contributed by atoms with Crippen molar-refractivity contribution in [3.8, 4) is 0 Å². The Bertz CT molecular complexity index is 946. The number of hydrogen-bond donors (Lipinski definition) is 1. The van der Waals surface area contributed by atoms with Crippen molar-refractivity contribution < 1.29 is 18.8 Å². The monoisotopic (exact) mass is 407 g/mol. The van der Waals surface area contributed by atoms with Crippen LogP contribution in [-0.2, 0) is 14.0 Å². The number of hydrogen-bond acceptors (Lipinski definition) is 6. The van der Waals surface area contributed by atoms with Crippen molar-refractivity contribution in [1.82, 2.24) is 9.78 Å². The summed E-state index contributed by atoms with van der Waals surface area (Å²) in [4.78, 5) is 12.6. The first-order valence-corrected chi connectivity index (χ1v) is 9.58. The zero-order valence-electron chi connectivity index (χ0n) is 17.6. The third-order valence-corrected chi connectivity index (χ3v) is 5.71. The second-order valence-electron chi connectivity index (χ2n) is 9.18. The van der Waals surface area contributed by atoms with E-state index in [-0.39, 0.29) is 5.82 Å². The smallest absolute Gasteiger partial charge is 0.442 e. The van der Waals surface area contributed by atoms with Crippen molar-refractivity contribution in [3.63, 3.8) is 0 Å². The van der Waals surface area contributed by atoms with Crippen molar-refractivity contribution >= 4 is 47.0 Å². The Morgan fingerprint density at radius 2 is 1.79 bits per heavy atom. The number of ether oxygens (including phenoxy) is 1. The first-order chi connectivity index (χ1) is 12.6. The normalized spacial score (nSPS) is 18.7. The fourth-order valence-electron chi connectivity index (χ4n) is 3.08. The van der Waals surface area contributed by atoms with Gasteiger partial charge in [-0.2, -0.15) is 4.68 Å².